The number of nitrogens with zero attached hydrogens (tertiary/aromatic N) is 2. The number of esters is 2. The van der Waals surface area contributed by atoms with Gasteiger partial charge < -0.3 is 28.9 Å². The zero-order valence-electron chi connectivity index (χ0n) is 29.1. The smallest absolute Gasteiger partial charge is 0.348 e. The molecule has 52 heavy (non-hydrogen) atoms. The fourth-order valence-corrected chi connectivity index (χ4v) is 8.34. The minimum absolute atomic E-state index is 0.0428. The van der Waals surface area contributed by atoms with Crippen molar-refractivity contribution < 1.29 is 38.0 Å². The van der Waals surface area contributed by atoms with E-state index in [2.05, 4.69) is 10.2 Å². The van der Waals surface area contributed by atoms with E-state index in [4.69, 9.17) is 46.9 Å². The first-order chi connectivity index (χ1) is 25.1. The molecule has 2 aromatic carbocycles. The first kappa shape index (κ1) is 37.8. The second-order valence-electron chi connectivity index (χ2n) is 12.9. The van der Waals surface area contributed by atoms with Gasteiger partial charge in [-0.25, -0.2) is 9.59 Å². The summed E-state index contributed by atoms with van der Waals surface area (Å²) in [6.45, 7) is 3.09. The molecule has 7 rings (SSSR count). The number of carbonyl (C=O) groups excluding carboxylic acids is 2. The van der Waals surface area contributed by atoms with E-state index in [-0.39, 0.29) is 35.7 Å². The summed E-state index contributed by atoms with van der Waals surface area (Å²) >= 11 is 14.1. The molecule has 0 spiro atoms. The molecule has 0 saturated carbocycles. The van der Waals surface area contributed by atoms with Crippen molar-refractivity contribution in [3.05, 3.63) is 115 Å². The maximum Gasteiger partial charge on any atom is 0.348 e. The summed E-state index contributed by atoms with van der Waals surface area (Å²) in [5.74, 6) is 0.316. The van der Waals surface area contributed by atoms with Gasteiger partial charge in [-0.15, -0.1) is 11.3 Å². The van der Waals surface area contributed by atoms with E-state index >= 15 is 0 Å². The van der Waals surface area contributed by atoms with Crippen LogP contribution in [0.5, 0.6) is 11.5 Å². The molecule has 11 nitrogen and oxygen atoms in total. The quantitative estimate of drug-likeness (QED) is 0.0861. The van der Waals surface area contributed by atoms with Crippen LogP contribution in [0.25, 0.3) is 0 Å². The molecule has 0 aliphatic carbocycles. The zero-order chi connectivity index (χ0) is 36.8. The second-order valence-corrected chi connectivity index (χ2v) is 14.9. The number of fused-ring (bicyclic) bond motifs is 3. The SMILES string of the molecule is COCC(NCc1ccc(C(=O)OC(Cc2c(Cl)c[n+]([O-])cc2Cl)c2ccc(OC)c(OC)c2)s1)(C(=O)O[C@H]1CN2CCC1CC2)c1ccccc1. The number of pyridine rings is 1. The van der Waals surface area contributed by atoms with Crippen LogP contribution in [0.15, 0.2) is 73.1 Å². The molecule has 3 aliphatic rings. The maximum atomic E-state index is 14.2. The number of piperidine rings is 3. The lowest BCUT2D eigenvalue weighted by Gasteiger charge is -2.45. The minimum atomic E-state index is -1.29. The van der Waals surface area contributed by atoms with Crippen molar-refractivity contribution in [2.75, 3.05) is 47.6 Å². The molecule has 276 valence electrons. The van der Waals surface area contributed by atoms with Crippen LogP contribution < -0.4 is 19.5 Å². The van der Waals surface area contributed by atoms with Crippen LogP contribution in [-0.2, 0) is 37.5 Å². The number of methoxy groups -OCH3 is 3. The summed E-state index contributed by atoms with van der Waals surface area (Å²) in [5, 5.41) is 15.6. The Morgan fingerprint density at radius 3 is 2.35 bits per heavy atom. The van der Waals surface area contributed by atoms with E-state index in [0.717, 1.165) is 42.9 Å². The Bertz CT molecular complexity index is 1850. The first-order valence-electron chi connectivity index (χ1n) is 16.9. The number of hydrogen-bond donors (Lipinski definition) is 1. The molecule has 1 N–H and O–H groups in total. The van der Waals surface area contributed by atoms with Crippen LogP contribution in [0.2, 0.25) is 10.0 Å². The molecule has 4 aromatic rings. The van der Waals surface area contributed by atoms with Gasteiger partial charge in [-0.05, 0) is 67.2 Å². The molecule has 0 amide bonds. The number of hydrogen-bond acceptors (Lipinski definition) is 11. The zero-order valence-corrected chi connectivity index (χ0v) is 31.5. The Labute approximate surface area is 316 Å². The molecule has 2 aromatic heterocycles. The Kier molecular flexibility index (Phi) is 12.2. The van der Waals surface area contributed by atoms with E-state index in [0.29, 0.717) is 38.2 Å². The third-order valence-electron chi connectivity index (χ3n) is 9.73. The van der Waals surface area contributed by atoms with Gasteiger partial charge in [-0.3, -0.25) is 10.2 Å². The summed E-state index contributed by atoms with van der Waals surface area (Å²) in [4.78, 5) is 31.4. The lowest BCUT2D eigenvalue weighted by molar-refractivity contribution is -0.605. The van der Waals surface area contributed by atoms with Crippen molar-refractivity contribution in [2.45, 2.75) is 43.6 Å². The lowest BCUT2D eigenvalue weighted by atomic mass is 9.85. The molecule has 2 bridgehead atoms. The molecular weight excluding hydrogens is 729 g/mol. The number of halogens is 2. The Morgan fingerprint density at radius 1 is 1.00 bits per heavy atom. The first-order valence-corrected chi connectivity index (χ1v) is 18.5. The molecule has 3 atom stereocenters. The maximum absolute atomic E-state index is 14.2. The number of benzene rings is 2. The fraction of sp³-hybridized carbons (Fsp3) is 0.395. The van der Waals surface area contributed by atoms with Crippen LogP contribution >= 0.6 is 34.5 Å². The fourth-order valence-electron chi connectivity index (χ4n) is 6.91. The Morgan fingerprint density at radius 2 is 1.71 bits per heavy atom. The predicted octanol–water partition coefficient (Wildman–Crippen LogP) is 6.12. The van der Waals surface area contributed by atoms with Crippen LogP contribution in [0.4, 0.5) is 0 Å². The highest BCUT2D eigenvalue weighted by molar-refractivity contribution is 7.13. The molecular formula is C38H41Cl2N3O8S. The third-order valence-corrected chi connectivity index (χ3v) is 11.5. The van der Waals surface area contributed by atoms with Gasteiger partial charge in [0.2, 0.25) is 0 Å². The lowest BCUT2D eigenvalue weighted by Crippen LogP contribution is -2.57. The molecule has 14 heteroatoms. The van der Waals surface area contributed by atoms with Gasteiger partial charge in [0.15, 0.2) is 29.4 Å². The van der Waals surface area contributed by atoms with Gasteiger partial charge in [-0.1, -0.05) is 59.6 Å². The highest BCUT2D eigenvalue weighted by Gasteiger charge is 2.45. The van der Waals surface area contributed by atoms with Crippen LogP contribution in [-0.4, -0.2) is 70.5 Å². The summed E-state index contributed by atoms with van der Waals surface area (Å²) in [7, 11) is 4.60. The number of aromatic nitrogens is 1. The van der Waals surface area contributed by atoms with E-state index in [1.165, 1.54) is 38.0 Å². The number of carbonyl (C=O) groups is 2. The van der Waals surface area contributed by atoms with Crippen molar-refractivity contribution in [1.29, 1.82) is 0 Å². The molecule has 2 unspecified atom stereocenters. The third kappa shape index (κ3) is 8.33. The van der Waals surface area contributed by atoms with Crippen molar-refractivity contribution in [3.63, 3.8) is 0 Å². The summed E-state index contributed by atoms with van der Waals surface area (Å²) in [5.41, 5.74) is 0.475. The van der Waals surface area contributed by atoms with Gasteiger partial charge >= 0.3 is 11.9 Å². The molecule has 3 fully saturated rings. The summed E-state index contributed by atoms with van der Waals surface area (Å²) < 4.78 is 29.4. The number of ether oxygens (including phenoxy) is 5. The number of nitrogens with one attached hydrogen (secondary N) is 1. The van der Waals surface area contributed by atoms with Gasteiger partial charge in [0, 0.05) is 37.1 Å². The predicted molar refractivity (Wildman–Crippen MR) is 197 cm³/mol. The number of thiophene rings is 1. The van der Waals surface area contributed by atoms with Crippen molar-refractivity contribution in [3.8, 4) is 11.5 Å². The van der Waals surface area contributed by atoms with E-state index in [1.807, 2.05) is 36.4 Å². The minimum Gasteiger partial charge on any atom is -0.619 e. The van der Waals surface area contributed by atoms with Crippen molar-refractivity contribution >= 4 is 46.5 Å². The van der Waals surface area contributed by atoms with Gasteiger partial charge in [0.25, 0.3) is 0 Å². The topological polar surface area (TPSA) is 122 Å². The monoisotopic (exact) mass is 769 g/mol. The van der Waals surface area contributed by atoms with Crippen LogP contribution in [0.3, 0.4) is 0 Å². The van der Waals surface area contributed by atoms with Gasteiger partial charge in [0.1, 0.15) is 27.1 Å². The highest BCUT2D eigenvalue weighted by Crippen LogP contribution is 2.37. The highest BCUT2D eigenvalue weighted by atomic mass is 35.5. The largest absolute Gasteiger partial charge is 0.619 e. The normalized spacial score (nSPS) is 19.8. The second kappa shape index (κ2) is 16.8. The number of rotatable bonds is 15. The van der Waals surface area contributed by atoms with Crippen LogP contribution in [0.1, 0.15) is 50.2 Å². The van der Waals surface area contributed by atoms with E-state index in [9.17, 15) is 14.8 Å². The Balaban J connectivity index is 1.23. The molecule has 3 saturated heterocycles. The standard InChI is InChI=1S/C38H41Cl2N3O8S/c1-47-23-38(26-7-5-4-6-8-26,37(45)51-34-22-42-15-13-24(34)14-16-42)41-19-27-10-12-35(52-27)36(44)50-32(18-28-29(39)20-43(46)21-30(28)40)25-9-11-31(48-2)33(17-25)49-3/h4-12,17,20-21,24,32,34,41H,13-16,18-19,22-23H2,1-3H3/t32?,34-,38?/m0/s1. The average molecular weight is 771 g/mol. The Hall–Kier alpha value is -3.91. The summed E-state index contributed by atoms with van der Waals surface area (Å²) in [6.07, 6.45) is 3.46. The van der Waals surface area contributed by atoms with E-state index < -0.39 is 23.6 Å². The van der Waals surface area contributed by atoms with Crippen molar-refractivity contribution in [1.82, 2.24) is 10.2 Å². The molecule has 0 radical (unpaired) electrons. The van der Waals surface area contributed by atoms with Crippen molar-refractivity contribution in [2.24, 2.45) is 5.92 Å². The van der Waals surface area contributed by atoms with Gasteiger partial charge in [-0.2, -0.15) is 4.73 Å². The van der Waals surface area contributed by atoms with Crippen LogP contribution in [0, 0.1) is 11.1 Å². The summed E-state index contributed by atoms with van der Waals surface area (Å²) in [6, 6.07) is 18.1. The molecule has 3 aliphatic heterocycles. The van der Waals surface area contributed by atoms with Gasteiger partial charge in [0.05, 0.1) is 20.8 Å². The average Bonchev–Trinajstić information content (AvgIpc) is 3.64. The van der Waals surface area contributed by atoms with E-state index in [1.54, 1.807) is 31.4 Å². The molecule has 5 heterocycles.